The number of carboxylic acids is 1. The monoisotopic (exact) mass is 305 g/mol. The largest absolute Gasteiger partial charge is 0.481 e. The zero-order valence-corrected chi connectivity index (χ0v) is 12.3. The van der Waals surface area contributed by atoms with Gasteiger partial charge in [0, 0.05) is 16.3 Å². The van der Waals surface area contributed by atoms with Crippen LogP contribution in [-0.2, 0) is 9.59 Å². The van der Waals surface area contributed by atoms with Gasteiger partial charge in [-0.2, -0.15) is 0 Å². The molecule has 0 fully saturated rings. The molecule has 1 amide bonds. The maximum absolute atomic E-state index is 12.7. The molecule has 1 N–H and O–H groups in total. The molecule has 1 aliphatic carbocycles. The topological polar surface area (TPSA) is 57.6 Å². The summed E-state index contributed by atoms with van der Waals surface area (Å²) < 4.78 is 0. The molecule has 1 aromatic rings. The van der Waals surface area contributed by atoms with E-state index in [1.54, 1.807) is 29.2 Å². The molecule has 1 heterocycles. The van der Waals surface area contributed by atoms with Gasteiger partial charge in [-0.1, -0.05) is 11.6 Å². The van der Waals surface area contributed by atoms with Gasteiger partial charge in [-0.15, -0.1) is 0 Å². The summed E-state index contributed by atoms with van der Waals surface area (Å²) >= 11 is 5.89. The van der Waals surface area contributed by atoms with Gasteiger partial charge in [0.2, 0.25) is 0 Å². The van der Waals surface area contributed by atoms with Gasteiger partial charge in [0.25, 0.3) is 5.91 Å². The first kappa shape index (κ1) is 14.1. The maximum Gasteiger partial charge on any atom is 0.305 e. The summed E-state index contributed by atoms with van der Waals surface area (Å²) in [6.07, 6.45) is 3.56. The molecule has 1 aromatic carbocycles. The van der Waals surface area contributed by atoms with E-state index in [0.29, 0.717) is 10.7 Å². The standard InChI is InChI=1S/C16H16ClNO3/c17-10-5-7-11(8-6-10)18-14(9-15(19)20)12-3-1-2-4-13(12)16(18)21/h5-8,14H,1-4,9H2,(H,19,20). The van der Waals surface area contributed by atoms with Crippen LogP contribution in [0.15, 0.2) is 35.4 Å². The number of amides is 1. The predicted molar refractivity (Wildman–Crippen MR) is 80.5 cm³/mol. The fourth-order valence-corrected chi connectivity index (χ4v) is 3.39. The van der Waals surface area contributed by atoms with Crippen molar-refractivity contribution < 1.29 is 14.7 Å². The summed E-state index contributed by atoms with van der Waals surface area (Å²) in [6.45, 7) is 0. The molecule has 1 aliphatic heterocycles. The molecule has 110 valence electrons. The van der Waals surface area contributed by atoms with Crippen LogP contribution in [0.1, 0.15) is 32.1 Å². The molecule has 0 saturated heterocycles. The van der Waals surface area contributed by atoms with E-state index in [-0.39, 0.29) is 18.4 Å². The zero-order chi connectivity index (χ0) is 15.0. The number of anilines is 1. The fraction of sp³-hybridized carbons (Fsp3) is 0.375. The average Bonchev–Trinajstić information content (AvgIpc) is 2.73. The van der Waals surface area contributed by atoms with Crippen molar-refractivity contribution in [2.75, 3.05) is 4.90 Å². The Morgan fingerprint density at radius 3 is 2.57 bits per heavy atom. The number of nitrogens with zero attached hydrogens (tertiary/aromatic N) is 1. The Morgan fingerprint density at radius 1 is 1.24 bits per heavy atom. The third-order valence-electron chi connectivity index (χ3n) is 4.17. The molecule has 0 spiro atoms. The fourth-order valence-electron chi connectivity index (χ4n) is 3.26. The molecule has 0 bridgehead atoms. The van der Waals surface area contributed by atoms with Crippen molar-refractivity contribution in [3.05, 3.63) is 40.4 Å². The molecule has 1 atom stereocenters. The summed E-state index contributed by atoms with van der Waals surface area (Å²) in [4.78, 5) is 25.5. The minimum atomic E-state index is -0.883. The number of hydrogen-bond acceptors (Lipinski definition) is 2. The summed E-state index contributed by atoms with van der Waals surface area (Å²) in [5.74, 6) is -0.927. The summed E-state index contributed by atoms with van der Waals surface area (Å²) in [7, 11) is 0. The van der Waals surface area contributed by atoms with Crippen LogP contribution in [0.5, 0.6) is 0 Å². The van der Waals surface area contributed by atoms with Crippen LogP contribution in [0, 0.1) is 0 Å². The van der Waals surface area contributed by atoms with Crippen molar-refractivity contribution >= 4 is 29.2 Å². The van der Waals surface area contributed by atoms with E-state index >= 15 is 0 Å². The molecule has 2 aliphatic rings. The third-order valence-corrected chi connectivity index (χ3v) is 4.43. The molecule has 5 heteroatoms. The Balaban J connectivity index is 2.00. The molecule has 21 heavy (non-hydrogen) atoms. The van der Waals surface area contributed by atoms with E-state index in [0.717, 1.165) is 36.8 Å². The van der Waals surface area contributed by atoms with Gasteiger partial charge in [-0.25, -0.2) is 0 Å². The van der Waals surface area contributed by atoms with Gasteiger partial charge in [0.15, 0.2) is 0 Å². The Bertz CT molecular complexity index is 621. The SMILES string of the molecule is O=C(O)CC1C2=C(CCCC2)C(=O)N1c1ccc(Cl)cc1. The lowest BCUT2D eigenvalue weighted by atomic mass is 9.89. The first-order chi connectivity index (χ1) is 10.1. The summed E-state index contributed by atoms with van der Waals surface area (Å²) in [5, 5.41) is 9.77. The Kier molecular flexibility index (Phi) is 3.72. The Hall–Kier alpha value is -1.81. The molecular formula is C16H16ClNO3. The van der Waals surface area contributed by atoms with Crippen molar-refractivity contribution in [1.29, 1.82) is 0 Å². The van der Waals surface area contributed by atoms with Gasteiger partial charge in [-0.05, 0) is 55.5 Å². The normalized spacial score (nSPS) is 21.7. The smallest absolute Gasteiger partial charge is 0.305 e. The predicted octanol–water partition coefficient (Wildman–Crippen LogP) is 3.40. The Morgan fingerprint density at radius 2 is 1.90 bits per heavy atom. The van der Waals surface area contributed by atoms with Crippen molar-refractivity contribution in [3.63, 3.8) is 0 Å². The van der Waals surface area contributed by atoms with Crippen LogP contribution in [0.3, 0.4) is 0 Å². The van der Waals surface area contributed by atoms with E-state index < -0.39 is 5.97 Å². The highest BCUT2D eigenvalue weighted by atomic mass is 35.5. The summed E-state index contributed by atoms with van der Waals surface area (Å²) in [6, 6.07) is 6.63. The quantitative estimate of drug-likeness (QED) is 0.931. The second-order valence-electron chi connectivity index (χ2n) is 5.48. The lowest BCUT2D eigenvalue weighted by Gasteiger charge is -2.26. The number of carboxylic acid groups (broad SMARTS) is 1. The lowest BCUT2D eigenvalue weighted by molar-refractivity contribution is -0.137. The summed E-state index contributed by atoms with van der Waals surface area (Å²) in [5.41, 5.74) is 2.55. The van der Waals surface area contributed by atoms with Crippen LogP contribution < -0.4 is 4.90 Å². The van der Waals surface area contributed by atoms with Gasteiger partial charge in [-0.3, -0.25) is 9.59 Å². The van der Waals surface area contributed by atoms with E-state index in [1.165, 1.54) is 0 Å². The van der Waals surface area contributed by atoms with Gasteiger partial charge in [0.1, 0.15) is 0 Å². The van der Waals surface area contributed by atoms with Crippen molar-refractivity contribution in [3.8, 4) is 0 Å². The number of halogens is 1. The van der Waals surface area contributed by atoms with E-state index in [9.17, 15) is 14.7 Å². The highest BCUT2D eigenvalue weighted by molar-refractivity contribution is 6.30. The van der Waals surface area contributed by atoms with Crippen LogP contribution >= 0.6 is 11.6 Å². The minimum Gasteiger partial charge on any atom is -0.481 e. The van der Waals surface area contributed by atoms with Gasteiger partial charge >= 0.3 is 5.97 Å². The maximum atomic E-state index is 12.7. The van der Waals surface area contributed by atoms with Crippen LogP contribution in [0.2, 0.25) is 5.02 Å². The lowest BCUT2D eigenvalue weighted by Crippen LogP contribution is -2.37. The van der Waals surface area contributed by atoms with Crippen molar-refractivity contribution in [2.45, 2.75) is 38.1 Å². The zero-order valence-electron chi connectivity index (χ0n) is 11.5. The van der Waals surface area contributed by atoms with Gasteiger partial charge in [0.05, 0.1) is 12.5 Å². The Labute approximate surface area is 128 Å². The van der Waals surface area contributed by atoms with Crippen molar-refractivity contribution in [2.24, 2.45) is 0 Å². The molecule has 1 unspecified atom stereocenters. The number of benzene rings is 1. The average molecular weight is 306 g/mol. The highest BCUT2D eigenvalue weighted by Gasteiger charge is 2.41. The molecule has 0 saturated carbocycles. The number of hydrogen-bond donors (Lipinski definition) is 1. The van der Waals surface area contributed by atoms with Crippen molar-refractivity contribution in [1.82, 2.24) is 0 Å². The van der Waals surface area contributed by atoms with Crippen LogP contribution in [-0.4, -0.2) is 23.0 Å². The number of carbonyl (C=O) groups is 2. The van der Waals surface area contributed by atoms with E-state index in [4.69, 9.17) is 11.6 Å². The minimum absolute atomic E-state index is 0.0433. The van der Waals surface area contributed by atoms with Crippen LogP contribution in [0.4, 0.5) is 5.69 Å². The molecule has 0 radical (unpaired) electrons. The molecule has 0 aromatic heterocycles. The third kappa shape index (κ3) is 2.56. The van der Waals surface area contributed by atoms with Crippen LogP contribution in [0.25, 0.3) is 0 Å². The molecule has 4 nitrogen and oxygen atoms in total. The van der Waals surface area contributed by atoms with Gasteiger partial charge < -0.3 is 10.0 Å². The number of rotatable bonds is 3. The number of aliphatic carboxylic acids is 1. The molecule has 3 rings (SSSR count). The highest BCUT2D eigenvalue weighted by Crippen LogP contribution is 2.40. The first-order valence-electron chi connectivity index (χ1n) is 7.11. The molecular weight excluding hydrogens is 290 g/mol. The van der Waals surface area contributed by atoms with E-state index in [1.807, 2.05) is 0 Å². The first-order valence-corrected chi connectivity index (χ1v) is 7.48. The second-order valence-corrected chi connectivity index (χ2v) is 5.91. The number of carbonyl (C=O) groups excluding carboxylic acids is 1. The second kappa shape index (κ2) is 5.53. The van der Waals surface area contributed by atoms with E-state index in [2.05, 4.69) is 0 Å².